The summed E-state index contributed by atoms with van der Waals surface area (Å²) in [6.45, 7) is 2.20. The summed E-state index contributed by atoms with van der Waals surface area (Å²) < 4.78 is 13.9. The molecule has 1 N–H and O–H groups in total. The van der Waals surface area contributed by atoms with Gasteiger partial charge in [-0.15, -0.1) is 0 Å². The monoisotopic (exact) mass is 303 g/mol. The van der Waals surface area contributed by atoms with Gasteiger partial charge in [0.2, 0.25) is 0 Å². The third-order valence-electron chi connectivity index (χ3n) is 2.80. The smallest absolute Gasteiger partial charge is 0.124 e. The zero-order valence-electron chi connectivity index (χ0n) is 9.17. The van der Waals surface area contributed by atoms with Gasteiger partial charge in [-0.1, -0.05) is 22.0 Å². The average Bonchev–Trinajstić information content (AvgIpc) is 2.43. The van der Waals surface area contributed by atoms with Gasteiger partial charge in [0.15, 0.2) is 0 Å². The molecule has 0 aliphatic carbocycles. The van der Waals surface area contributed by atoms with Gasteiger partial charge in [0, 0.05) is 22.3 Å². The first-order valence-corrected chi connectivity index (χ1v) is 7.40. The average molecular weight is 304 g/mol. The second kappa shape index (κ2) is 5.52. The molecular formula is C12H15BrFNS. The summed E-state index contributed by atoms with van der Waals surface area (Å²) in [5.41, 5.74) is 1.16. The van der Waals surface area contributed by atoms with Gasteiger partial charge < -0.3 is 5.32 Å². The molecule has 0 amide bonds. The van der Waals surface area contributed by atoms with Gasteiger partial charge in [0.1, 0.15) is 5.82 Å². The predicted molar refractivity (Wildman–Crippen MR) is 71.4 cm³/mol. The van der Waals surface area contributed by atoms with E-state index in [-0.39, 0.29) is 5.82 Å². The Bertz CT molecular complexity index is 372. The van der Waals surface area contributed by atoms with E-state index in [1.807, 2.05) is 17.8 Å². The Balaban J connectivity index is 2.21. The zero-order chi connectivity index (χ0) is 11.5. The van der Waals surface area contributed by atoms with Crippen LogP contribution in [0.4, 0.5) is 4.39 Å². The summed E-state index contributed by atoms with van der Waals surface area (Å²) in [4.78, 5) is 0. The lowest BCUT2D eigenvalue weighted by Crippen LogP contribution is -2.30. The molecule has 2 rings (SSSR count). The Morgan fingerprint density at radius 3 is 3.06 bits per heavy atom. The molecule has 2 atom stereocenters. The fourth-order valence-electron chi connectivity index (χ4n) is 1.90. The van der Waals surface area contributed by atoms with Crippen molar-refractivity contribution in [2.45, 2.75) is 25.4 Å². The van der Waals surface area contributed by atoms with Crippen LogP contribution >= 0.6 is 27.7 Å². The van der Waals surface area contributed by atoms with Crippen LogP contribution in [0.5, 0.6) is 0 Å². The van der Waals surface area contributed by atoms with E-state index in [1.54, 1.807) is 0 Å². The summed E-state index contributed by atoms with van der Waals surface area (Å²) in [6.07, 6.45) is 1.19. The van der Waals surface area contributed by atoms with E-state index in [0.717, 1.165) is 15.8 Å². The molecule has 4 heteroatoms. The quantitative estimate of drug-likeness (QED) is 0.848. The maximum absolute atomic E-state index is 13.0. The van der Waals surface area contributed by atoms with Crippen LogP contribution in [-0.4, -0.2) is 17.5 Å². The fourth-order valence-corrected chi connectivity index (χ4v) is 3.73. The Morgan fingerprint density at radius 1 is 1.50 bits per heavy atom. The number of rotatable bonds is 1. The molecule has 1 aliphatic rings. The molecule has 1 aromatic rings. The van der Waals surface area contributed by atoms with Gasteiger partial charge >= 0.3 is 0 Å². The molecule has 0 saturated carbocycles. The minimum absolute atomic E-state index is 0.190. The Hall–Kier alpha value is -0.0600. The van der Waals surface area contributed by atoms with Crippen LogP contribution in [0.25, 0.3) is 0 Å². The highest BCUT2D eigenvalue weighted by atomic mass is 79.9. The number of hydrogen-bond acceptors (Lipinski definition) is 2. The molecule has 1 aromatic carbocycles. The molecule has 2 unspecified atom stereocenters. The van der Waals surface area contributed by atoms with Crippen molar-refractivity contribution in [2.24, 2.45) is 0 Å². The Kier molecular flexibility index (Phi) is 4.27. The van der Waals surface area contributed by atoms with Crippen molar-refractivity contribution in [1.29, 1.82) is 0 Å². The molecule has 1 nitrogen and oxygen atoms in total. The SMILES string of the molecule is CC1CCSCC(c2ccc(F)cc2Br)N1. The first-order chi connectivity index (χ1) is 7.66. The third-order valence-corrected chi connectivity index (χ3v) is 4.58. The molecule has 1 heterocycles. The van der Waals surface area contributed by atoms with Crippen molar-refractivity contribution in [3.63, 3.8) is 0 Å². The van der Waals surface area contributed by atoms with E-state index in [1.165, 1.54) is 24.3 Å². The van der Waals surface area contributed by atoms with Crippen molar-refractivity contribution in [3.05, 3.63) is 34.1 Å². The first-order valence-electron chi connectivity index (χ1n) is 5.45. The lowest BCUT2D eigenvalue weighted by molar-refractivity contribution is 0.483. The van der Waals surface area contributed by atoms with E-state index in [2.05, 4.69) is 28.2 Å². The lowest BCUT2D eigenvalue weighted by Gasteiger charge is -2.20. The molecule has 1 fully saturated rings. The number of benzene rings is 1. The van der Waals surface area contributed by atoms with Crippen LogP contribution in [0.15, 0.2) is 22.7 Å². The number of nitrogens with one attached hydrogen (secondary N) is 1. The highest BCUT2D eigenvalue weighted by Crippen LogP contribution is 2.29. The molecular weight excluding hydrogens is 289 g/mol. The minimum Gasteiger partial charge on any atom is -0.307 e. The fraction of sp³-hybridized carbons (Fsp3) is 0.500. The normalized spacial score (nSPS) is 26.4. The van der Waals surface area contributed by atoms with Crippen molar-refractivity contribution in [1.82, 2.24) is 5.32 Å². The highest BCUT2D eigenvalue weighted by molar-refractivity contribution is 9.10. The number of thioether (sulfide) groups is 1. The summed E-state index contributed by atoms with van der Waals surface area (Å²) in [5, 5.41) is 3.58. The van der Waals surface area contributed by atoms with Crippen molar-refractivity contribution < 1.29 is 4.39 Å². The summed E-state index contributed by atoms with van der Waals surface area (Å²) in [6, 6.07) is 5.78. The van der Waals surface area contributed by atoms with Crippen LogP contribution in [0.3, 0.4) is 0 Å². The van der Waals surface area contributed by atoms with Crippen LogP contribution in [0, 0.1) is 5.82 Å². The second-order valence-electron chi connectivity index (χ2n) is 4.15. The molecule has 1 saturated heterocycles. The van der Waals surface area contributed by atoms with Crippen LogP contribution in [-0.2, 0) is 0 Å². The Labute approximate surface area is 108 Å². The van der Waals surface area contributed by atoms with E-state index in [0.29, 0.717) is 12.1 Å². The van der Waals surface area contributed by atoms with E-state index < -0.39 is 0 Å². The molecule has 16 heavy (non-hydrogen) atoms. The number of hydrogen-bond donors (Lipinski definition) is 1. The second-order valence-corrected chi connectivity index (χ2v) is 6.15. The Morgan fingerprint density at radius 2 is 2.31 bits per heavy atom. The molecule has 1 aliphatic heterocycles. The van der Waals surface area contributed by atoms with Gasteiger partial charge in [0.25, 0.3) is 0 Å². The van der Waals surface area contributed by atoms with Crippen molar-refractivity contribution in [2.75, 3.05) is 11.5 Å². The van der Waals surface area contributed by atoms with Gasteiger partial charge in [-0.25, -0.2) is 4.39 Å². The minimum atomic E-state index is -0.190. The molecule has 88 valence electrons. The largest absolute Gasteiger partial charge is 0.307 e. The predicted octanol–water partition coefficient (Wildman–Crippen LogP) is 3.74. The van der Waals surface area contributed by atoms with E-state index >= 15 is 0 Å². The van der Waals surface area contributed by atoms with E-state index in [9.17, 15) is 4.39 Å². The van der Waals surface area contributed by atoms with Gasteiger partial charge in [0.05, 0.1) is 0 Å². The van der Waals surface area contributed by atoms with Crippen LogP contribution in [0.2, 0.25) is 0 Å². The maximum Gasteiger partial charge on any atom is 0.124 e. The molecule has 0 spiro atoms. The van der Waals surface area contributed by atoms with Gasteiger partial charge in [-0.05, 0) is 36.8 Å². The summed E-state index contributed by atoms with van der Waals surface area (Å²) in [7, 11) is 0. The summed E-state index contributed by atoms with van der Waals surface area (Å²) >= 11 is 5.40. The van der Waals surface area contributed by atoms with E-state index in [4.69, 9.17) is 0 Å². The van der Waals surface area contributed by atoms with Gasteiger partial charge in [-0.2, -0.15) is 11.8 Å². The van der Waals surface area contributed by atoms with Crippen LogP contribution in [0.1, 0.15) is 24.9 Å². The van der Waals surface area contributed by atoms with Crippen molar-refractivity contribution >= 4 is 27.7 Å². The van der Waals surface area contributed by atoms with Crippen molar-refractivity contribution in [3.8, 4) is 0 Å². The maximum atomic E-state index is 13.0. The lowest BCUT2D eigenvalue weighted by atomic mass is 10.1. The topological polar surface area (TPSA) is 12.0 Å². The van der Waals surface area contributed by atoms with Gasteiger partial charge in [-0.3, -0.25) is 0 Å². The third kappa shape index (κ3) is 2.99. The van der Waals surface area contributed by atoms with Crippen LogP contribution < -0.4 is 5.32 Å². The number of halogens is 2. The first kappa shape index (κ1) is 12.4. The summed E-state index contributed by atoms with van der Waals surface area (Å²) in [5.74, 6) is 2.06. The standard InChI is InChI=1S/C12H15BrFNS/c1-8-4-5-16-7-12(15-8)10-3-2-9(14)6-11(10)13/h2-3,6,8,12,15H,4-5,7H2,1H3. The highest BCUT2D eigenvalue weighted by Gasteiger charge is 2.19. The molecule has 0 radical (unpaired) electrons. The molecule has 0 aromatic heterocycles. The molecule has 0 bridgehead atoms. The zero-order valence-corrected chi connectivity index (χ0v) is 11.6.